The number of aromatic nitrogens is 3. The zero-order chi connectivity index (χ0) is 17.8. The summed E-state index contributed by atoms with van der Waals surface area (Å²) in [5.74, 6) is -3.76. The molecule has 2 aromatic heterocycles. The molecule has 1 unspecified atom stereocenters. The van der Waals surface area contributed by atoms with Crippen LogP contribution in [0.2, 0.25) is 0 Å². The average Bonchev–Trinajstić information content (AvgIpc) is 3.03. The van der Waals surface area contributed by atoms with E-state index in [-0.39, 0.29) is 11.5 Å². The molecule has 1 aliphatic carbocycles. The van der Waals surface area contributed by atoms with Crippen molar-refractivity contribution in [2.45, 2.75) is 31.7 Å². The van der Waals surface area contributed by atoms with Crippen LogP contribution in [0.5, 0.6) is 0 Å². The summed E-state index contributed by atoms with van der Waals surface area (Å²) in [5.41, 5.74) is 0.0783. The molecule has 0 aromatic carbocycles. The molecule has 0 fully saturated rings. The summed E-state index contributed by atoms with van der Waals surface area (Å²) in [5, 5.41) is 1.76. The first-order valence-electron chi connectivity index (χ1n) is 7.97. The minimum absolute atomic E-state index is 0.0243. The summed E-state index contributed by atoms with van der Waals surface area (Å²) < 4.78 is 28.9. The Balaban J connectivity index is 1.76. The number of H-pyrrole nitrogens is 1. The number of amides is 1. The Morgan fingerprint density at radius 1 is 1.48 bits per heavy atom. The Kier molecular flexibility index (Phi) is 3.64. The van der Waals surface area contributed by atoms with E-state index >= 15 is 0 Å². The molecule has 4 rings (SSSR count). The highest BCUT2D eigenvalue weighted by molar-refractivity contribution is 6.45. The molecule has 1 atom stereocenters. The number of hydrogen-bond acceptors (Lipinski definition) is 3. The van der Waals surface area contributed by atoms with E-state index in [0.29, 0.717) is 27.7 Å². The van der Waals surface area contributed by atoms with Crippen LogP contribution in [-0.2, 0) is 5.92 Å². The summed E-state index contributed by atoms with van der Waals surface area (Å²) in [6.45, 7) is 0.977. The first kappa shape index (κ1) is 16.2. The summed E-state index contributed by atoms with van der Waals surface area (Å²) in [4.78, 5) is 24.9. The molecular weight excluding hydrogens is 350 g/mol. The predicted octanol–water partition coefficient (Wildman–Crippen LogP) is 2.03. The lowest BCUT2D eigenvalue weighted by Gasteiger charge is -2.38. The van der Waals surface area contributed by atoms with Gasteiger partial charge in [0, 0.05) is 16.8 Å². The molecule has 8 heteroatoms. The van der Waals surface area contributed by atoms with Crippen molar-refractivity contribution in [2.75, 3.05) is 6.54 Å². The lowest BCUT2D eigenvalue weighted by Crippen LogP contribution is -2.46. The van der Waals surface area contributed by atoms with E-state index < -0.39 is 24.4 Å². The highest BCUT2D eigenvalue weighted by atomic mass is 35.5. The van der Waals surface area contributed by atoms with Gasteiger partial charge in [0.1, 0.15) is 11.0 Å². The summed E-state index contributed by atoms with van der Waals surface area (Å²) in [6.07, 6.45) is 4.65. The van der Waals surface area contributed by atoms with Gasteiger partial charge in [0.2, 0.25) is 0 Å². The molecule has 0 saturated carbocycles. The number of imidazole rings is 1. The van der Waals surface area contributed by atoms with Gasteiger partial charge in [-0.2, -0.15) is 8.78 Å². The molecule has 2 aliphatic rings. The van der Waals surface area contributed by atoms with Gasteiger partial charge in [0.15, 0.2) is 5.82 Å². The van der Waals surface area contributed by atoms with Crippen LogP contribution in [-0.4, -0.2) is 32.3 Å². The standard InChI is InChI=1S/C17H15ClF2N4O/c1-9-10-4-3-7-21-14(10)17(19,20)8-24(9)16(25)15-22-12-6-2-5-11(18)13(12)23-15/h3-4,6-7,9H,2,5,8H2,1H3,(H,22,23). The molecule has 3 heterocycles. The van der Waals surface area contributed by atoms with Gasteiger partial charge in [-0.15, -0.1) is 0 Å². The maximum atomic E-state index is 14.5. The van der Waals surface area contributed by atoms with E-state index in [1.165, 1.54) is 6.20 Å². The third-order valence-electron chi connectivity index (χ3n) is 4.64. The maximum absolute atomic E-state index is 14.5. The Labute approximate surface area is 147 Å². The number of carbonyl (C=O) groups is 1. The smallest absolute Gasteiger partial charge is 0.307 e. The van der Waals surface area contributed by atoms with Gasteiger partial charge in [-0.05, 0) is 25.8 Å². The second-order valence-corrected chi connectivity index (χ2v) is 6.71. The van der Waals surface area contributed by atoms with Gasteiger partial charge < -0.3 is 9.88 Å². The quantitative estimate of drug-likeness (QED) is 0.842. The lowest BCUT2D eigenvalue weighted by molar-refractivity contribution is -0.0570. The number of rotatable bonds is 1. The van der Waals surface area contributed by atoms with Crippen molar-refractivity contribution < 1.29 is 13.6 Å². The molecule has 0 bridgehead atoms. The number of alkyl halides is 2. The van der Waals surface area contributed by atoms with E-state index in [0.717, 1.165) is 11.3 Å². The van der Waals surface area contributed by atoms with Crippen LogP contribution >= 0.6 is 11.6 Å². The number of halogens is 3. The molecule has 1 amide bonds. The number of nitrogens with one attached hydrogen (secondary N) is 1. The Morgan fingerprint density at radius 3 is 3.04 bits per heavy atom. The van der Waals surface area contributed by atoms with Crippen molar-refractivity contribution in [3.63, 3.8) is 0 Å². The highest BCUT2D eigenvalue weighted by Gasteiger charge is 2.46. The van der Waals surface area contributed by atoms with Crippen molar-refractivity contribution in [1.29, 1.82) is 0 Å². The van der Waals surface area contributed by atoms with Gasteiger partial charge >= 0.3 is 5.92 Å². The third kappa shape index (κ3) is 2.54. The van der Waals surface area contributed by atoms with Crippen LogP contribution in [0.25, 0.3) is 11.1 Å². The number of fused-ring (bicyclic) bond motifs is 2. The Morgan fingerprint density at radius 2 is 2.28 bits per heavy atom. The molecule has 1 aliphatic heterocycles. The minimum atomic E-state index is -3.21. The topological polar surface area (TPSA) is 61.9 Å². The number of aromatic amines is 1. The van der Waals surface area contributed by atoms with Crippen LogP contribution in [0, 0.1) is 0 Å². The molecule has 5 nitrogen and oxygen atoms in total. The predicted molar refractivity (Wildman–Crippen MR) is 88.4 cm³/mol. The fourth-order valence-electron chi connectivity index (χ4n) is 3.34. The molecule has 1 N–H and O–H groups in total. The second-order valence-electron chi connectivity index (χ2n) is 6.25. The molecule has 25 heavy (non-hydrogen) atoms. The summed E-state index contributed by atoms with van der Waals surface area (Å²) in [7, 11) is 0. The lowest BCUT2D eigenvalue weighted by atomic mass is 9.95. The monoisotopic (exact) mass is 364 g/mol. The third-order valence-corrected chi connectivity index (χ3v) is 5.00. The van der Waals surface area contributed by atoms with Crippen molar-refractivity contribution in [1.82, 2.24) is 19.9 Å². The average molecular weight is 365 g/mol. The Bertz CT molecular complexity index is 985. The van der Waals surface area contributed by atoms with Crippen LogP contribution in [0.4, 0.5) is 8.78 Å². The number of carbonyl (C=O) groups excluding carboxylic acids is 1. The van der Waals surface area contributed by atoms with E-state index in [1.807, 2.05) is 6.08 Å². The molecular formula is C17H15ClF2N4O. The minimum Gasteiger partial charge on any atom is -0.334 e. The maximum Gasteiger partial charge on any atom is 0.307 e. The van der Waals surface area contributed by atoms with Gasteiger partial charge in [0.05, 0.1) is 17.9 Å². The first-order valence-corrected chi connectivity index (χ1v) is 8.35. The van der Waals surface area contributed by atoms with E-state index in [4.69, 9.17) is 11.6 Å². The van der Waals surface area contributed by atoms with Crippen LogP contribution < -0.4 is 10.7 Å². The van der Waals surface area contributed by atoms with Crippen molar-refractivity contribution in [2.24, 2.45) is 0 Å². The van der Waals surface area contributed by atoms with Crippen LogP contribution in [0.3, 0.4) is 0 Å². The normalized spacial score (nSPS) is 21.4. The molecule has 0 saturated heterocycles. The Hall–Kier alpha value is -2.28. The van der Waals surface area contributed by atoms with E-state index in [9.17, 15) is 13.6 Å². The summed E-state index contributed by atoms with van der Waals surface area (Å²) >= 11 is 6.15. The first-order chi connectivity index (χ1) is 11.9. The fourth-order valence-corrected chi connectivity index (χ4v) is 3.60. The van der Waals surface area contributed by atoms with Gasteiger partial charge in [-0.25, -0.2) is 4.98 Å². The second kappa shape index (κ2) is 5.62. The van der Waals surface area contributed by atoms with Crippen molar-refractivity contribution >= 4 is 28.6 Å². The SMILES string of the molecule is CC1c2cccnc2C(F)(F)CN1C(=O)c1nc2c([nH]1)=CCCC=2Cl. The van der Waals surface area contributed by atoms with Gasteiger partial charge in [-0.1, -0.05) is 23.7 Å². The largest absolute Gasteiger partial charge is 0.334 e. The fraction of sp³-hybridized carbons (Fsp3) is 0.353. The van der Waals surface area contributed by atoms with Gasteiger partial charge in [-0.3, -0.25) is 9.78 Å². The van der Waals surface area contributed by atoms with E-state index in [2.05, 4.69) is 15.0 Å². The van der Waals surface area contributed by atoms with Gasteiger partial charge in [0.25, 0.3) is 5.91 Å². The highest BCUT2D eigenvalue weighted by Crippen LogP contribution is 2.40. The number of hydrogen-bond donors (Lipinski definition) is 1. The van der Waals surface area contributed by atoms with E-state index in [1.54, 1.807) is 19.1 Å². The zero-order valence-electron chi connectivity index (χ0n) is 13.4. The molecule has 2 aromatic rings. The van der Waals surface area contributed by atoms with Crippen molar-refractivity contribution in [3.05, 3.63) is 46.1 Å². The number of nitrogens with zero attached hydrogens (tertiary/aromatic N) is 3. The van der Waals surface area contributed by atoms with Crippen LogP contribution in [0.15, 0.2) is 18.3 Å². The molecule has 0 spiro atoms. The van der Waals surface area contributed by atoms with Crippen LogP contribution in [0.1, 0.15) is 47.7 Å². The zero-order valence-corrected chi connectivity index (χ0v) is 14.1. The van der Waals surface area contributed by atoms with Crippen molar-refractivity contribution in [3.8, 4) is 0 Å². The summed E-state index contributed by atoms with van der Waals surface area (Å²) in [6, 6.07) is 2.64. The molecule has 0 radical (unpaired) electrons. The number of pyridine rings is 1. The molecule has 130 valence electrons.